The number of nitrogens with one attached hydrogen (secondary N) is 1. The molecule has 4 bridgehead atoms. The normalized spacial score (nSPS) is 42.3. The Balaban J connectivity index is 1.28. The maximum absolute atomic E-state index is 4.65. The van der Waals surface area contributed by atoms with Gasteiger partial charge in [-0.15, -0.1) is 11.3 Å². The standard InChI is InChI=1S/C17H24N2S/c1-2-14(1)15-9-18-16(20-15)10-19-17-6-11-3-12(7-17)5-13(4-11)8-17/h9,11-14,19H,1-8,10H2. The Kier molecular flexibility index (Phi) is 2.61. The van der Waals surface area contributed by atoms with E-state index in [1.165, 1.54) is 61.3 Å². The summed E-state index contributed by atoms with van der Waals surface area (Å²) in [7, 11) is 0. The van der Waals surface area contributed by atoms with Crippen molar-refractivity contribution in [1.82, 2.24) is 10.3 Å². The summed E-state index contributed by atoms with van der Waals surface area (Å²) in [4.78, 5) is 6.19. The summed E-state index contributed by atoms with van der Waals surface area (Å²) >= 11 is 1.96. The van der Waals surface area contributed by atoms with E-state index >= 15 is 0 Å². The molecule has 0 amide bonds. The van der Waals surface area contributed by atoms with Crippen LogP contribution in [-0.4, -0.2) is 10.5 Å². The van der Waals surface area contributed by atoms with Crippen LogP contribution in [0.1, 0.15) is 67.2 Å². The van der Waals surface area contributed by atoms with Gasteiger partial charge in [-0.3, -0.25) is 0 Å². The zero-order valence-corrected chi connectivity index (χ0v) is 12.9. The number of hydrogen-bond donors (Lipinski definition) is 1. The molecule has 1 N–H and O–H groups in total. The Bertz CT molecular complexity index is 482. The van der Waals surface area contributed by atoms with Crippen LogP contribution in [0.15, 0.2) is 6.20 Å². The highest BCUT2D eigenvalue weighted by Crippen LogP contribution is 2.55. The van der Waals surface area contributed by atoms with Crippen molar-refractivity contribution in [3.05, 3.63) is 16.1 Å². The van der Waals surface area contributed by atoms with Gasteiger partial charge in [0.05, 0.1) is 0 Å². The second kappa shape index (κ2) is 4.30. The lowest BCUT2D eigenvalue weighted by Gasteiger charge is -2.57. The van der Waals surface area contributed by atoms with Crippen molar-refractivity contribution < 1.29 is 0 Å². The molecule has 0 atom stereocenters. The Morgan fingerprint density at radius 1 is 1.10 bits per heavy atom. The fourth-order valence-electron chi connectivity index (χ4n) is 5.55. The van der Waals surface area contributed by atoms with Crippen molar-refractivity contribution in [3.8, 4) is 0 Å². The minimum atomic E-state index is 0.486. The molecule has 1 aromatic rings. The molecule has 0 spiro atoms. The summed E-state index contributed by atoms with van der Waals surface area (Å²) in [6, 6.07) is 0. The highest BCUT2D eigenvalue weighted by atomic mass is 32.1. The van der Waals surface area contributed by atoms with Crippen LogP contribution in [0.3, 0.4) is 0 Å². The number of rotatable bonds is 4. The molecule has 3 heteroatoms. The largest absolute Gasteiger partial charge is 0.305 e. The number of nitrogens with zero attached hydrogens (tertiary/aromatic N) is 1. The van der Waals surface area contributed by atoms with Crippen molar-refractivity contribution in [3.63, 3.8) is 0 Å². The Morgan fingerprint density at radius 3 is 2.35 bits per heavy atom. The summed E-state index contributed by atoms with van der Waals surface area (Å²) in [5, 5.41) is 5.29. The lowest BCUT2D eigenvalue weighted by Crippen LogP contribution is -2.58. The summed E-state index contributed by atoms with van der Waals surface area (Å²) in [6.07, 6.45) is 13.9. The van der Waals surface area contributed by atoms with Gasteiger partial charge in [-0.2, -0.15) is 0 Å². The molecule has 0 aromatic carbocycles. The van der Waals surface area contributed by atoms with Crippen molar-refractivity contribution in [2.45, 2.75) is 69.4 Å². The first-order chi connectivity index (χ1) is 9.78. The van der Waals surface area contributed by atoms with Crippen LogP contribution in [0.5, 0.6) is 0 Å². The van der Waals surface area contributed by atoms with Crippen LogP contribution < -0.4 is 5.32 Å². The monoisotopic (exact) mass is 288 g/mol. The van der Waals surface area contributed by atoms with Crippen molar-refractivity contribution in [2.75, 3.05) is 0 Å². The van der Waals surface area contributed by atoms with E-state index in [0.29, 0.717) is 5.54 Å². The molecular weight excluding hydrogens is 264 g/mol. The van der Waals surface area contributed by atoms with Crippen LogP contribution >= 0.6 is 11.3 Å². The van der Waals surface area contributed by atoms with Gasteiger partial charge in [0, 0.05) is 23.2 Å². The molecule has 5 saturated carbocycles. The van der Waals surface area contributed by atoms with Crippen molar-refractivity contribution in [2.24, 2.45) is 17.8 Å². The highest BCUT2D eigenvalue weighted by molar-refractivity contribution is 7.11. The molecule has 6 rings (SSSR count). The lowest BCUT2D eigenvalue weighted by molar-refractivity contribution is -0.0206. The van der Waals surface area contributed by atoms with Crippen molar-refractivity contribution in [1.29, 1.82) is 0 Å². The van der Waals surface area contributed by atoms with Crippen LogP contribution in [0, 0.1) is 17.8 Å². The molecule has 20 heavy (non-hydrogen) atoms. The van der Waals surface area contributed by atoms with E-state index in [1.54, 1.807) is 0 Å². The molecule has 0 saturated heterocycles. The van der Waals surface area contributed by atoms with Gasteiger partial charge < -0.3 is 5.32 Å². The van der Waals surface area contributed by atoms with E-state index in [1.807, 2.05) is 11.3 Å². The average Bonchev–Trinajstić information content (AvgIpc) is 3.14. The average molecular weight is 288 g/mol. The minimum absolute atomic E-state index is 0.486. The van der Waals surface area contributed by atoms with Crippen LogP contribution in [0.25, 0.3) is 0 Å². The third-order valence-electron chi connectivity index (χ3n) is 6.20. The fraction of sp³-hybridized carbons (Fsp3) is 0.824. The quantitative estimate of drug-likeness (QED) is 0.903. The molecule has 1 heterocycles. The smallest absolute Gasteiger partial charge is 0.107 e. The van der Waals surface area contributed by atoms with Gasteiger partial charge in [-0.1, -0.05) is 0 Å². The van der Waals surface area contributed by atoms with Gasteiger partial charge in [-0.25, -0.2) is 4.98 Å². The van der Waals surface area contributed by atoms with Gasteiger partial charge in [0.2, 0.25) is 0 Å². The van der Waals surface area contributed by atoms with Gasteiger partial charge in [0.1, 0.15) is 5.01 Å². The highest BCUT2D eigenvalue weighted by Gasteiger charge is 2.50. The SMILES string of the molecule is c1nc(CNC23CC4CC(CC(C4)C2)C3)sc1C1CC1. The minimum Gasteiger partial charge on any atom is -0.305 e. The number of thiazole rings is 1. The van der Waals surface area contributed by atoms with Crippen LogP contribution in [-0.2, 0) is 6.54 Å². The molecule has 5 fully saturated rings. The number of hydrogen-bond acceptors (Lipinski definition) is 3. The predicted molar refractivity (Wildman–Crippen MR) is 81.8 cm³/mol. The van der Waals surface area contributed by atoms with Crippen molar-refractivity contribution >= 4 is 11.3 Å². The first-order valence-electron chi connectivity index (χ1n) is 8.48. The van der Waals surface area contributed by atoms with E-state index in [9.17, 15) is 0 Å². The van der Waals surface area contributed by atoms with Gasteiger partial charge in [0.15, 0.2) is 0 Å². The molecule has 2 nitrogen and oxygen atoms in total. The van der Waals surface area contributed by atoms with E-state index in [4.69, 9.17) is 0 Å². The van der Waals surface area contributed by atoms with E-state index in [0.717, 1.165) is 30.2 Å². The predicted octanol–water partition coefficient (Wildman–Crippen LogP) is 4.08. The Labute approximate surface area is 125 Å². The molecule has 0 radical (unpaired) electrons. The first kappa shape index (κ1) is 12.2. The second-order valence-corrected chi connectivity index (χ2v) is 9.13. The number of aromatic nitrogens is 1. The lowest BCUT2D eigenvalue weighted by atomic mass is 9.53. The summed E-state index contributed by atoms with van der Waals surface area (Å²) in [5.74, 6) is 3.96. The van der Waals surface area contributed by atoms with Crippen LogP contribution in [0.4, 0.5) is 0 Å². The Morgan fingerprint density at radius 2 is 1.75 bits per heavy atom. The Hall–Kier alpha value is -0.410. The molecular formula is C17H24N2S. The topological polar surface area (TPSA) is 24.9 Å². The maximum atomic E-state index is 4.65. The summed E-state index contributed by atoms with van der Waals surface area (Å²) < 4.78 is 0. The fourth-order valence-corrected chi connectivity index (χ4v) is 6.58. The van der Waals surface area contributed by atoms with Gasteiger partial charge >= 0.3 is 0 Å². The second-order valence-electron chi connectivity index (χ2n) is 7.98. The molecule has 0 aliphatic heterocycles. The van der Waals surface area contributed by atoms with Gasteiger partial charge in [0.25, 0.3) is 0 Å². The molecule has 5 aliphatic carbocycles. The molecule has 0 unspecified atom stereocenters. The maximum Gasteiger partial charge on any atom is 0.107 e. The molecule has 5 aliphatic rings. The summed E-state index contributed by atoms with van der Waals surface area (Å²) in [5.41, 5.74) is 0.486. The third kappa shape index (κ3) is 2.05. The van der Waals surface area contributed by atoms with Gasteiger partial charge in [-0.05, 0) is 75.0 Å². The van der Waals surface area contributed by atoms with E-state index < -0.39 is 0 Å². The van der Waals surface area contributed by atoms with E-state index in [-0.39, 0.29) is 0 Å². The van der Waals surface area contributed by atoms with E-state index in [2.05, 4.69) is 16.5 Å². The molecule has 108 valence electrons. The summed E-state index contributed by atoms with van der Waals surface area (Å²) in [6.45, 7) is 1.02. The zero-order valence-electron chi connectivity index (χ0n) is 12.1. The van der Waals surface area contributed by atoms with Crippen LogP contribution in [0.2, 0.25) is 0 Å². The zero-order chi connectivity index (χ0) is 13.2. The third-order valence-corrected chi connectivity index (χ3v) is 7.36. The molecule has 1 aromatic heterocycles. The first-order valence-corrected chi connectivity index (χ1v) is 9.29.